The Morgan fingerprint density at radius 3 is 2.90 bits per heavy atom. The Morgan fingerprint density at radius 2 is 2.10 bits per heavy atom. The maximum absolute atomic E-state index is 12.0. The second-order valence-corrected chi connectivity index (χ2v) is 4.71. The Kier molecular flexibility index (Phi) is 3.12. The molecular weight excluding hydrogens is 252 g/mol. The average Bonchev–Trinajstić information content (AvgIpc) is 2.78. The molecule has 0 spiro atoms. The second-order valence-electron chi connectivity index (χ2n) is 4.71. The van der Waals surface area contributed by atoms with Crippen molar-refractivity contribution in [3.8, 4) is 0 Å². The first kappa shape index (κ1) is 12.6. The summed E-state index contributed by atoms with van der Waals surface area (Å²) in [6, 6.07) is 9.95. The lowest BCUT2D eigenvalue weighted by Crippen LogP contribution is -2.29. The zero-order chi connectivity index (χ0) is 14.1. The Bertz CT molecular complexity index is 791. The molecule has 2 aromatic heterocycles. The number of carbonyl (C=O) groups is 1. The van der Waals surface area contributed by atoms with Crippen LogP contribution in [-0.2, 0) is 7.05 Å². The minimum atomic E-state index is -0.190. The maximum Gasteiger partial charge on any atom is 0.269 e. The van der Waals surface area contributed by atoms with Gasteiger partial charge < -0.3 is 15.6 Å². The van der Waals surface area contributed by atoms with Crippen LogP contribution in [0.15, 0.2) is 36.5 Å². The summed E-state index contributed by atoms with van der Waals surface area (Å²) in [4.78, 5) is 16.2. The molecule has 1 aromatic carbocycles. The van der Waals surface area contributed by atoms with Gasteiger partial charge in [0.1, 0.15) is 5.69 Å². The van der Waals surface area contributed by atoms with Crippen LogP contribution in [0.25, 0.3) is 21.8 Å². The van der Waals surface area contributed by atoms with Gasteiger partial charge in [-0.3, -0.25) is 4.79 Å². The summed E-state index contributed by atoms with van der Waals surface area (Å²) < 4.78 is 2.08. The van der Waals surface area contributed by atoms with Crippen molar-refractivity contribution in [1.29, 1.82) is 0 Å². The van der Waals surface area contributed by atoms with E-state index in [1.54, 1.807) is 6.20 Å². The molecule has 102 valence electrons. The van der Waals surface area contributed by atoms with Crippen molar-refractivity contribution in [3.05, 3.63) is 42.2 Å². The molecule has 0 bridgehead atoms. The number of rotatable bonds is 3. The molecule has 0 aliphatic heterocycles. The van der Waals surface area contributed by atoms with Crippen molar-refractivity contribution in [2.45, 2.75) is 0 Å². The van der Waals surface area contributed by atoms with E-state index >= 15 is 0 Å². The van der Waals surface area contributed by atoms with E-state index in [1.807, 2.05) is 25.2 Å². The Labute approximate surface area is 116 Å². The molecule has 0 aliphatic rings. The van der Waals surface area contributed by atoms with E-state index in [0.29, 0.717) is 18.8 Å². The highest BCUT2D eigenvalue weighted by Gasteiger charge is 2.12. The first-order valence-corrected chi connectivity index (χ1v) is 6.54. The molecule has 3 aromatic rings. The highest BCUT2D eigenvalue weighted by Crippen LogP contribution is 2.27. The highest BCUT2D eigenvalue weighted by atomic mass is 16.1. The fourth-order valence-electron chi connectivity index (χ4n) is 2.46. The highest BCUT2D eigenvalue weighted by molar-refractivity contribution is 6.09. The van der Waals surface area contributed by atoms with Crippen LogP contribution >= 0.6 is 0 Å². The van der Waals surface area contributed by atoms with Crippen LogP contribution in [0.1, 0.15) is 10.5 Å². The maximum atomic E-state index is 12.0. The molecular formula is C15H16N4O. The van der Waals surface area contributed by atoms with Crippen LogP contribution in [-0.4, -0.2) is 28.5 Å². The number of carbonyl (C=O) groups excluding carboxylic acids is 1. The van der Waals surface area contributed by atoms with Crippen LogP contribution in [0.3, 0.4) is 0 Å². The van der Waals surface area contributed by atoms with Gasteiger partial charge in [-0.2, -0.15) is 0 Å². The van der Waals surface area contributed by atoms with Crippen molar-refractivity contribution in [3.63, 3.8) is 0 Å². The van der Waals surface area contributed by atoms with Crippen molar-refractivity contribution in [2.75, 3.05) is 13.1 Å². The third-order valence-electron chi connectivity index (χ3n) is 3.46. The van der Waals surface area contributed by atoms with E-state index in [0.717, 1.165) is 21.8 Å². The Hall–Kier alpha value is -2.40. The van der Waals surface area contributed by atoms with Gasteiger partial charge in [0.25, 0.3) is 5.91 Å². The van der Waals surface area contributed by atoms with E-state index in [1.165, 1.54) is 0 Å². The minimum Gasteiger partial charge on any atom is -0.349 e. The lowest BCUT2D eigenvalue weighted by Gasteiger charge is -2.03. The van der Waals surface area contributed by atoms with E-state index < -0.39 is 0 Å². The topological polar surface area (TPSA) is 72.9 Å². The van der Waals surface area contributed by atoms with Gasteiger partial charge in [0, 0.05) is 36.4 Å². The third kappa shape index (κ3) is 1.92. The summed E-state index contributed by atoms with van der Waals surface area (Å²) >= 11 is 0. The average molecular weight is 268 g/mol. The van der Waals surface area contributed by atoms with Crippen LogP contribution in [0.5, 0.6) is 0 Å². The number of amides is 1. The lowest BCUT2D eigenvalue weighted by molar-refractivity contribution is 0.0950. The van der Waals surface area contributed by atoms with E-state index in [2.05, 4.69) is 27.0 Å². The zero-order valence-electron chi connectivity index (χ0n) is 11.3. The number of hydrogen-bond acceptors (Lipinski definition) is 3. The van der Waals surface area contributed by atoms with Gasteiger partial charge in [0.05, 0.1) is 11.7 Å². The fraction of sp³-hybridized carbons (Fsp3) is 0.200. The molecule has 2 heterocycles. The normalized spacial score (nSPS) is 11.1. The smallest absolute Gasteiger partial charge is 0.269 e. The number of hydrogen-bond donors (Lipinski definition) is 2. The van der Waals surface area contributed by atoms with Crippen molar-refractivity contribution in [2.24, 2.45) is 12.8 Å². The predicted molar refractivity (Wildman–Crippen MR) is 79.6 cm³/mol. The molecule has 0 aliphatic carbocycles. The number of para-hydroxylation sites is 1. The largest absolute Gasteiger partial charge is 0.349 e. The van der Waals surface area contributed by atoms with Crippen LogP contribution in [0, 0.1) is 0 Å². The van der Waals surface area contributed by atoms with Crippen molar-refractivity contribution < 1.29 is 4.79 Å². The van der Waals surface area contributed by atoms with E-state index in [9.17, 15) is 4.79 Å². The number of nitrogens with zero attached hydrogens (tertiary/aromatic N) is 2. The summed E-state index contributed by atoms with van der Waals surface area (Å²) in [5.74, 6) is -0.190. The Balaban J connectivity index is 2.15. The van der Waals surface area contributed by atoms with Crippen LogP contribution in [0.2, 0.25) is 0 Å². The second kappa shape index (κ2) is 4.94. The number of aromatic nitrogens is 2. The van der Waals surface area contributed by atoms with Gasteiger partial charge in [0.2, 0.25) is 0 Å². The van der Waals surface area contributed by atoms with Gasteiger partial charge in [0.15, 0.2) is 0 Å². The number of fused-ring (bicyclic) bond motifs is 3. The SMILES string of the molecule is Cn1c2ccccc2c2cc(C(=O)NCCN)ncc21. The first-order chi connectivity index (χ1) is 9.72. The zero-order valence-corrected chi connectivity index (χ0v) is 11.3. The molecule has 0 saturated heterocycles. The number of nitrogens with two attached hydrogens (primary N) is 1. The lowest BCUT2D eigenvalue weighted by atomic mass is 10.1. The molecule has 0 saturated carbocycles. The monoisotopic (exact) mass is 268 g/mol. The number of nitrogens with one attached hydrogen (secondary N) is 1. The van der Waals surface area contributed by atoms with Gasteiger partial charge in [-0.05, 0) is 12.1 Å². The standard InChI is InChI=1S/C15H16N4O/c1-19-13-5-3-2-4-10(13)11-8-12(18-9-14(11)19)15(20)17-7-6-16/h2-5,8-9H,6-7,16H2,1H3,(H,17,20). The van der Waals surface area contributed by atoms with E-state index in [-0.39, 0.29) is 5.91 Å². The Morgan fingerprint density at radius 1 is 1.30 bits per heavy atom. The molecule has 3 rings (SSSR count). The predicted octanol–water partition coefficient (Wildman–Crippen LogP) is 1.41. The summed E-state index contributed by atoms with van der Waals surface area (Å²) in [7, 11) is 2.00. The molecule has 1 amide bonds. The molecule has 0 radical (unpaired) electrons. The van der Waals surface area contributed by atoms with Crippen LogP contribution in [0.4, 0.5) is 0 Å². The van der Waals surface area contributed by atoms with Gasteiger partial charge >= 0.3 is 0 Å². The quantitative estimate of drug-likeness (QED) is 0.754. The third-order valence-corrected chi connectivity index (χ3v) is 3.46. The molecule has 0 unspecified atom stereocenters. The molecule has 0 atom stereocenters. The number of pyridine rings is 1. The molecule has 0 fully saturated rings. The summed E-state index contributed by atoms with van der Waals surface area (Å²) in [6.07, 6.45) is 1.74. The van der Waals surface area contributed by atoms with Crippen molar-refractivity contribution in [1.82, 2.24) is 14.9 Å². The molecule has 5 nitrogen and oxygen atoms in total. The molecule has 20 heavy (non-hydrogen) atoms. The van der Waals surface area contributed by atoms with Gasteiger partial charge in [-0.15, -0.1) is 0 Å². The first-order valence-electron chi connectivity index (χ1n) is 6.54. The van der Waals surface area contributed by atoms with Crippen LogP contribution < -0.4 is 11.1 Å². The van der Waals surface area contributed by atoms with Gasteiger partial charge in [-0.25, -0.2) is 4.98 Å². The summed E-state index contributed by atoms with van der Waals surface area (Å²) in [5, 5.41) is 4.90. The minimum absolute atomic E-state index is 0.190. The van der Waals surface area contributed by atoms with Gasteiger partial charge in [-0.1, -0.05) is 18.2 Å². The van der Waals surface area contributed by atoms with E-state index in [4.69, 9.17) is 5.73 Å². The summed E-state index contributed by atoms with van der Waals surface area (Å²) in [5.41, 5.74) is 7.95. The molecule has 5 heteroatoms. The molecule has 3 N–H and O–H groups in total. The fourth-order valence-corrected chi connectivity index (χ4v) is 2.46. The number of benzene rings is 1. The number of aryl methyl sites for hydroxylation is 1. The van der Waals surface area contributed by atoms with Crippen molar-refractivity contribution >= 4 is 27.7 Å². The summed E-state index contributed by atoms with van der Waals surface area (Å²) in [6.45, 7) is 0.871.